The molecule has 2 aromatic carbocycles. The van der Waals surface area contributed by atoms with Crippen LogP contribution in [0.25, 0.3) is 11.3 Å². The Balaban J connectivity index is 1.88. The van der Waals surface area contributed by atoms with Gasteiger partial charge in [-0.1, -0.05) is 29.8 Å². The van der Waals surface area contributed by atoms with Crippen LogP contribution in [0.4, 0.5) is 0 Å². The first kappa shape index (κ1) is 28.3. The number of carbonyl (C=O) groups excluding carboxylic acids is 1. The predicted octanol–water partition coefficient (Wildman–Crippen LogP) is 3.47. The fourth-order valence-corrected chi connectivity index (χ4v) is 3.84. The van der Waals surface area contributed by atoms with Crippen LogP contribution in [-0.4, -0.2) is 53.0 Å². The van der Waals surface area contributed by atoms with Crippen LogP contribution in [0.1, 0.15) is 53.9 Å². The lowest BCUT2D eigenvalue weighted by atomic mass is 9.87. The van der Waals surface area contributed by atoms with Gasteiger partial charge >= 0.3 is 0 Å². The fraction of sp³-hybridized carbons (Fsp3) is 0.379. The van der Waals surface area contributed by atoms with Crippen molar-refractivity contribution in [2.45, 2.75) is 44.8 Å². The van der Waals surface area contributed by atoms with E-state index in [9.17, 15) is 15.0 Å². The van der Waals surface area contributed by atoms with E-state index in [1.165, 1.54) is 7.11 Å². The molecule has 0 radical (unpaired) electrons. The van der Waals surface area contributed by atoms with Crippen LogP contribution in [0, 0.1) is 6.92 Å². The van der Waals surface area contributed by atoms with Crippen LogP contribution in [0.5, 0.6) is 11.5 Å². The van der Waals surface area contributed by atoms with E-state index < -0.39 is 11.1 Å². The number of aliphatic hydroxyl groups excluding tert-OH is 2. The molecule has 3 rings (SSSR count). The van der Waals surface area contributed by atoms with E-state index in [2.05, 4.69) is 0 Å². The summed E-state index contributed by atoms with van der Waals surface area (Å²) in [5.41, 5.74) is 7.85. The van der Waals surface area contributed by atoms with Crippen molar-refractivity contribution in [3.63, 3.8) is 0 Å². The monoisotopic (exact) mass is 508 g/mol. The third-order valence-corrected chi connectivity index (χ3v) is 6.39. The standard InChI is InChI=1S/C29H36N2O6/c1-19-5-7-20(8-6-19)23-16-22(28(2,30)18-33)17-27(31-23)29(3,35)12-11-24(34)21-9-10-25(37-14-13-32)26(15-21)36-4/h5-10,15-17,32-33,35H,11-14,18,30H2,1-4H3. The van der Waals surface area contributed by atoms with Gasteiger partial charge in [0.2, 0.25) is 0 Å². The molecule has 2 atom stereocenters. The van der Waals surface area contributed by atoms with Crippen molar-refractivity contribution < 1.29 is 29.6 Å². The second kappa shape index (κ2) is 11.8. The van der Waals surface area contributed by atoms with Gasteiger partial charge in [-0.05, 0) is 63.1 Å². The van der Waals surface area contributed by atoms with Crippen LogP contribution in [-0.2, 0) is 11.1 Å². The molecular formula is C29H36N2O6. The van der Waals surface area contributed by atoms with Gasteiger partial charge in [-0.3, -0.25) is 4.79 Å². The van der Waals surface area contributed by atoms with E-state index in [0.717, 1.165) is 11.1 Å². The lowest BCUT2D eigenvalue weighted by Crippen LogP contribution is -2.37. The molecule has 8 heteroatoms. The van der Waals surface area contributed by atoms with E-state index in [1.807, 2.05) is 37.3 Å². The fourth-order valence-electron chi connectivity index (χ4n) is 3.84. The topological polar surface area (TPSA) is 135 Å². The molecule has 0 amide bonds. The van der Waals surface area contributed by atoms with Gasteiger partial charge in [0.15, 0.2) is 17.3 Å². The molecule has 2 unspecified atom stereocenters. The molecule has 37 heavy (non-hydrogen) atoms. The van der Waals surface area contributed by atoms with Crippen molar-refractivity contribution in [1.29, 1.82) is 0 Å². The first-order valence-corrected chi connectivity index (χ1v) is 12.2. The van der Waals surface area contributed by atoms with Crippen molar-refractivity contribution in [3.8, 4) is 22.8 Å². The first-order chi connectivity index (χ1) is 17.5. The molecule has 3 aromatic rings. The molecule has 1 heterocycles. The predicted molar refractivity (Wildman–Crippen MR) is 142 cm³/mol. The zero-order valence-corrected chi connectivity index (χ0v) is 21.8. The summed E-state index contributed by atoms with van der Waals surface area (Å²) in [7, 11) is 1.47. The van der Waals surface area contributed by atoms with Crippen LogP contribution < -0.4 is 15.2 Å². The number of ketones is 1. The molecule has 0 spiro atoms. The Kier molecular flexibility index (Phi) is 9.04. The molecule has 0 aliphatic carbocycles. The highest BCUT2D eigenvalue weighted by Gasteiger charge is 2.30. The number of ether oxygens (including phenoxy) is 2. The number of rotatable bonds is 12. The third kappa shape index (κ3) is 6.93. The lowest BCUT2D eigenvalue weighted by molar-refractivity contribution is 0.0395. The number of nitrogens with two attached hydrogens (primary N) is 1. The highest BCUT2D eigenvalue weighted by Crippen LogP contribution is 2.33. The van der Waals surface area contributed by atoms with Crippen LogP contribution >= 0.6 is 0 Å². The molecular weight excluding hydrogens is 472 g/mol. The van der Waals surface area contributed by atoms with E-state index >= 15 is 0 Å². The maximum absolute atomic E-state index is 13.0. The number of hydrogen-bond acceptors (Lipinski definition) is 8. The summed E-state index contributed by atoms with van der Waals surface area (Å²) < 4.78 is 10.7. The van der Waals surface area contributed by atoms with E-state index in [1.54, 1.807) is 38.1 Å². The summed E-state index contributed by atoms with van der Waals surface area (Å²) in [6.45, 7) is 5.01. The van der Waals surface area contributed by atoms with E-state index in [4.69, 9.17) is 25.3 Å². The number of hydrogen-bond donors (Lipinski definition) is 4. The minimum absolute atomic E-state index is 0.0542. The van der Waals surface area contributed by atoms with Gasteiger partial charge in [0.05, 0.1) is 37.3 Å². The van der Waals surface area contributed by atoms with Gasteiger partial charge < -0.3 is 30.5 Å². The minimum atomic E-state index is -1.44. The van der Waals surface area contributed by atoms with Gasteiger partial charge in [-0.15, -0.1) is 0 Å². The second-order valence-corrected chi connectivity index (χ2v) is 9.70. The molecule has 0 aliphatic rings. The lowest BCUT2D eigenvalue weighted by Gasteiger charge is -2.28. The molecule has 0 saturated carbocycles. The summed E-state index contributed by atoms with van der Waals surface area (Å²) in [4.78, 5) is 17.7. The number of Topliss-reactive ketones (excluding diaryl/α,β-unsaturated/α-hetero) is 1. The summed E-state index contributed by atoms with van der Waals surface area (Å²) in [5.74, 6) is 0.633. The third-order valence-electron chi connectivity index (χ3n) is 6.39. The highest BCUT2D eigenvalue weighted by molar-refractivity contribution is 5.96. The van der Waals surface area contributed by atoms with Crippen molar-refractivity contribution in [2.75, 3.05) is 26.9 Å². The van der Waals surface area contributed by atoms with Crippen molar-refractivity contribution in [3.05, 3.63) is 77.0 Å². The molecule has 0 aliphatic heterocycles. The largest absolute Gasteiger partial charge is 0.493 e. The quantitative estimate of drug-likeness (QED) is 0.273. The van der Waals surface area contributed by atoms with Crippen LogP contribution in [0.2, 0.25) is 0 Å². The Bertz CT molecular complexity index is 1220. The number of methoxy groups -OCH3 is 1. The van der Waals surface area contributed by atoms with Crippen LogP contribution in [0.3, 0.4) is 0 Å². The normalized spacial score (nSPS) is 14.5. The van der Waals surface area contributed by atoms with Gasteiger partial charge in [-0.2, -0.15) is 0 Å². The van der Waals surface area contributed by atoms with Crippen LogP contribution in [0.15, 0.2) is 54.6 Å². The number of aryl methyl sites for hydroxylation is 1. The van der Waals surface area contributed by atoms with Gasteiger partial charge in [0.25, 0.3) is 0 Å². The van der Waals surface area contributed by atoms with Gasteiger partial charge in [-0.25, -0.2) is 4.98 Å². The molecule has 8 nitrogen and oxygen atoms in total. The minimum Gasteiger partial charge on any atom is -0.493 e. The molecule has 198 valence electrons. The Morgan fingerprint density at radius 1 is 1.03 bits per heavy atom. The smallest absolute Gasteiger partial charge is 0.163 e. The average molecular weight is 509 g/mol. The number of pyridine rings is 1. The Morgan fingerprint density at radius 2 is 1.73 bits per heavy atom. The summed E-state index contributed by atoms with van der Waals surface area (Å²) in [5, 5.41) is 30.3. The molecule has 1 aromatic heterocycles. The Morgan fingerprint density at radius 3 is 2.35 bits per heavy atom. The Labute approximate surface area is 217 Å². The first-order valence-electron chi connectivity index (χ1n) is 12.2. The number of carbonyl (C=O) groups is 1. The number of nitrogens with zero attached hydrogens (tertiary/aromatic N) is 1. The SMILES string of the molecule is COc1cc(C(=O)CCC(C)(O)c2cc(C(C)(N)CO)cc(-c3ccc(C)cc3)n2)ccc1OCCO. The van der Waals surface area contributed by atoms with Crippen molar-refractivity contribution >= 4 is 5.78 Å². The second-order valence-electron chi connectivity index (χ2n) is 9.70. The van der Waals surface area contributed by atoms with Gasteiger partial charge in [0.1, 0.15) is 12.2 Å². The molecule has 0 saturated heterocycles. The summed E-state index contributed by atoms with van der Waals surface area (Å²) in [6.07, 6.45) is 0.166. The van der Waals surface area contributed by atoms with Crippen molar-refractivity contribution in [2.24, 2.45) is 5.73 Å². The molecule has 5 N–H and O–H groups in total. The highest BCUT2D eigenvalue weighted by atomic mass is 16.5. The van der Waals surface area contributed by atoms with Gasteiger partial charge in [0, 0.05) is 17.5 Å². The summed E-state index contributed by atoms with van der Waals surface area (Å²) >= 11 is 0. The number of aromatic nitrogens is 1. The number of aliphatic hydroxyl groups is 3. The van der Waals surface area contributed by atoms with E-state index in [-0.39, 0.29) is 38.4 Å². The average Bonchev–Trinajstić information content (AvgIpc) is 2.90. The molecule has 0 fully saturated rings. The molecule has 0 bridgehead atoms. The Hall–Kier alpha value is -3.30. The zero-order valence-electron chi connectivity index (χ0n) is 21.8. The zero-order chi connectivity index (χ0) is 27.2. The maximum Gasteiger partial charge on any atom is 0.163 e. The maximum atomic E-state index is 13.0. The van der Waals surface area contributed by atoms with Crippen molar-refractivity contribution in [1.82, 2.24) is 4.98 Å². The van der Waals surface area contributed by atoms with E-state index in [0.29, 0.717) is 34.0 Å². The number of benzene rings is 2. The summed E-state index contributed by atoms with van der Waals surface area (Å²) in [6, 6.07) is 16.2.